The van der Waals surface area contributed by atoms with Crippen molar-refractivity contribution in [1.29, 1.82) is 0 Å². The van der Waals surface area contributed by atoms with E-state index in [9.17, 15) is 24.5 Å². The Labute approximate surface area is 332 Å². The highest BCUT2D eigenvalue weighted by molar-refractivity contribution is 7.47. The molecule has 4 unspecified atom stereocenters. The van der Waals surface area contributed by atoms with Gasteiger partial charge in [0.05, 0.1) is 37.9 Å². The Hall–Kier alpha value is -1.32. The summed E-state index contributed by atoms with van der Waals surface area (Å²) in [4.78, 5) is 22.7. The Morgan fingerprint density at radius 3 is 1.54 bits per heavy atom. The van der Waals surface area contributed by atoms with Crippen molar-refractivity contribution in [2.45, 2.75) is 218 Å². The molecule has 0 bridgehead atoms. The maximum atomic E-state index is 12.8. The Morgan fingerprint density at radius 2 is 1.06 bits per heavy atom. The zero-order chi connectivity index (χ0) is 39.8. The fourth-order valence-corrected chi connectivity index (χ4v) is 7.12. The Balaban J connectivity index is 4.27. The number of unbranched alkanes of at least 4 members (excludes halogenated alkanes) is 23. The molecule has 54 heavy (non-hydrogen) atoms. The van der Waals surface area contributed by atoms with Crippen molar-refractivity contribution in [1.82, 2.24) is 5.32 Å². The molecule has 0 radical (unpaired) electrons. The number of allylic oxidation sites excluding steroid dienone is 5. The highest BCUT2D eigenvalue weighted by Gasteiger charge is 2.27. The molecule has 0 rings (SSSR count). The summed E-state index contributed by atoms with van der Waals surface area (Å²) in [6.07, 6.45) is 43.8. The average molecular weight is 785 g/mol. The van der Waals surface area contributed by atoms with Gasteiger partial charge in [-0.3, -0.25) is 13.8 Å². The summed E-state index contributed by atoms with van der Waals surface area (Å²) >= 11 is 0. The summed E-state index contributed by atoms with van der Waals surface area (Å²) in [6, 6.07) is -1.00. The molecule has 4 atom stereocenters. The molecule has 0 heterocycles. The predicted molar refractivity (Wildman–Crippen MR) is 227 cm³/mol. The van der Waals surface area contributed by atoms with Crippen molar-refractivity contribution in [3.05, 3.63) is 36.5 Å². The van der Waals surface area contributed by atoms with Crippen LogP contribution < -0.4 is 11.1 Å². The number of rotatable bonds is 41. The van der Waals surface area contributed by atoms with Gasteiger partial charge in [-0.25, -0.2) is 4.57 Å². The lowest BCUT2D eigenvalue weighted by atomic mass is 10.0. The van der Waals surface area contributed by atoms with E-state index in [1.54, 1.807) is 6.08 Å². The smallest absolute Gasteiger partial charge is 0.393 e. The molecule has 9 nitrogen and oxygen atoms in total. The molecule has 0 saturated carbocycles. The molecule has 0 saturated heterocycles. The van der Waals surface area contributed by atoms with Gasteiger partial charge >= 0.3 is 7.82 Å². The standard InChI is InChI=1S/C44H85N2O7P/c1-3-5-7-9-11-13-15-17-18-19-20-21-22-23-24-25-27-29-31-33-35-41(47)39-44(49)46-42(40-53-54(50,51)52-38-37-45)43(48)36-34-32-30-28-26-16-14-12-10-8-6-4-2/h22-23,26,28,34,36,41-43,47-48H,3-21,24-25,27,29-33,35,37-40,45H2,1-2H3,(H,46,49)(H,50,51)/b23-22-,28-26+,36-34+. The lowest BCUT2D eigenvalue weighted by Gasteiger charge is -2.24. The summed E-state index contributed by atoms with van der Waals surface area (Å²) < 4.78 is 22.0. The monoisotopic (exact) mass is 785 g/mol. The van der Waals surface area contributed by atoms with Crippen LogP contribution in [0, 0.1) is 0 Å². The molecule has 0 aliphatic heterocycles. The van der Waals surface area contributed by atoms with Crippen LogP contribution in [0.25, 0.3) is 0 Å². The summed E-state index contributed by atoms with van der Waals surface area (Å²) in [7, 11) is -4.41. The number of hydrogen-bond donors (Lipinski definition) is 5. The SMILES string of the molecule is CCCCCCCC/C=C/CC/C=C/C(O)C(COP(=O)(O)OCCN)NC(=O)CC(O)CCCCCCC/C=C\CCCCCCCCCCCCC. The number of phosphoric acid groups is 1. The molecule has 0 aliphatic carbocycles. The van der Waals surface area contributed by atoms with Crippen molar-refractivity contribution in [3.8, 4) is 0 Å². The topological polar surface area (TPSA) is 151 Å². The molecular weight excluding hydrogens is 699 g/mol. The van der Waals surface area contributed by atoms with Crippen LogP contribution in [0.2, 0.25) is 0 Å². The normalized spacial score (nSPS) is 15.0. The number of amides is 1. The van der Waals surface area contributed by atoms with Crippen LogP contribution in [0.1, 0.15) is 200 Å². The first-order chi connectivity index (χ1) is 26.3. The number of nitrogens with two attached hydrogens (primary N) is 1. The second kappa shape index (κ2) is 39.9. The van der Waals surface area contributed by atoms with E-state index in [2.05, 4.69) is 43.5 Å². The molecule has 0 aromatic carbocycles. The molecule has 0 fully saturated rings. The molecule has 6 N–H and O–H groups in total. The van der Waals surface area contributed by atoms with Crippen LogP contribution in [0.3, 0.4) is 0 Å². The van der Waals surface area contributed by atoms with Gasteiger partial charge in [-0.15, -0.1) is 0 Å². The highest BCUT2D eigenvalue weighted by atomic mass is 31.2. The molecule has 1 amide bonds. The summed E-state index contributed by atoms with van der Waals surface area (Å²) in [6.45, 7) is 3.93. The van der Waals surface area contributed by atoms with Gasteiger partial charge < -0.3 is 26.2 Å². The zero-order valence-electron chi connectivity index (χ0n) is 34.8. The number of aliphatic hydroxyl groups is 2. The first-order valence-electron chi connectivity index (χ1n) is 22.2. The lowest BCUT2D eigenvalue weighted by molar-refractivity contribution is -0.124. The number of nitrogens with one attached hydrogen (secondary N) is 1. The van der Waals surface area contributed by atoms with E-state index >= 15 is 0 Å². The summed E-state index contributed by atoms with van der Waals surface area (Å²) in [5, 5.41) is 24.0. The van der Waals surface area contributed by atoms with Gasteiger partial charge in [0, 0.05) is 6.54 Å². The Morgan fingerprint density at radius 1 is 0.630 bits per heavy atom. The van der Waals surface area contributed by atoms with Crippen LogP contribution >= 0.6 is 7.82 Å². The van der Waals surface area contributed by atoms with Crippen molar-refractivity contribution in [2.24, 2.45) is 5.73 Å². The lowest BCUT2D eigenvalue weighted by Crippen LogP contribution is -2.46. The largest absolute Gasteiger partial charge is 0.472 e. The van der Waals surface area contributed by atoms with Gasteiger partial charge in [-0.05, 0) is 57.8 Å². The molecule has 0 aromatic heterocycles. The summed E-state index contributed by atoms with van der Waals surface area (Å²) in [5.41, 5.74) is 5.35. The second-order valence-electron chi connectivity index (χ2n) is 15.1. The van der Waals surface area contributed by atoms with Crippen molar-refractivity contribution < 1.29 is 33.5 Å². The molecule has 0 spiro atoms. The maximum absolute atomic E-state index is 12.8. The van der Waals surface area contributed by atoms with Gasteiger partial charge in [0.2, 0.25) is 5.91 Å². The maximum Gasteiger partial charge on any atom is 0.472 e. The minimum absolute atomic E-state index is 0.0433. The first kappa shape index (κ1) is 52.7. The predicted octanol–water partition coefficient (Wildman–Crippen LogP) is 11.3. The quantitative estimate of drug-likeness (QED) is 0.0233. The molecule has 0 aromatic rings. The Kier molecular flexibility index (Phi) is 38.9. The molecular formula is C44H85N2O7P. The van der Waals surface area contributed by atoms with Crippen LogP contribution in [0.15, 0.2) is 36.5 Å². The van der Waals surface area contributed by atoms with E-state index < -0.39 is 38.6 Å². The summed E-state index contributed by atoms with van der Waals surface area (Å²) in [5.74, 6) is -0.461. The van der Waals surface area contributed by atoms with Gasteiger partial charge in [-0.2, -0.15) is 0 Å². The van der Waals surface area contributed by atoms with E-state index in [0.29, 0.717) is 12.8 Å². The van der Waals surface area contributed by atoms with E-state index in [-0.39, 0.29) is 19.6 Å². The molecule has 10 heteroatoms. The van der Waals surface area contributed by atoms with E-state index in [4.69, 9.17) is 14.8 Å². The molecule has 0 aliphatic rings. The van der Waals surface area contributed by atoms with Gasteiger partial charge in [0.25, 0.3) is 0 Å². The van der Waals surface area contributed by atoms with E-state index in [1.807, 2.05) is 6.08 Å². The van der Waals surface area contributed by atoms with Crippen LogP contribution in [-0.2, 0) is 18.4 Å². The fourth-order valence-electron chi connectivity index (χ4n) is 6.36. The second-order valence-corrected chi connectivity index (χ2v) is 16.5. The third-order valence-electron chi connectivity index (χ3n) is 9.74. The number of phosphoric ester groups is 1. The number of carbonyl (C=O) groups is 1. The van der Waals surface area contributed by atoms with Gasteiger partial charge in [0.15, 0.2) is 0 Å². The third-order valence-corrected chi connectivity index (χ3v) is 10.7. The number of carbonyl (C=O) groups excluding carboxylic acids is 1. The number of aliphatic hydroxyl groups excluding tert-OH is 2. The van der Waals surface area contributed by atoms with Crippen LogP contribution in [-0.4, -0.2) is 59.0 Å². The minimum atomic E-state index is -4.41. The van der Waals surface area contributed by atoms with E-state index in [1.165, 1.54) is 122 Å². The van der Waals surface area contributed by atoms with Crippen LogP contribution in [0.4, 0.5) is 0 Å². The molecule has 318 valence electrons. The van der Waals surface area contributed by atoms with Crippen LogP contribution in [0.5, 0.6) is 0 Å². The van der Waals surface area contributed by atoms with Crippen molar-refractivity contribution in [3.63, 3.8) is 0 Å². The number of hydrogen-bond acceptors (Lipinski definition) is 7. The fraction of sp³-hybridized carbons (Fsp3) is 0.841. The third kappa shape index (κ3) is 37.6. The Bertz CT molecular complexity index is 961. The minimum Gasteiger partial charge on any atom is -0.393 e. The van der Waals surface area contributed by atoms with Gasteiger partial charge in [0.1, 0.15) is 0 Å². The first-order valence-corrected chi connectivity index (χ1v) is 23.7. The van der Waals surface area contributed by atoms with Crippen molar-refractivity contribution >= 4 is 13.7 Å². The highest BCUT2D eigenvalue weighted by Crippen LogP contribution is 2.43. The van der Waals surface area contributed by atoms with Gasteiger partial charge in [-0.1, -0.05) is 172 Å². The zero-order valence-corrected chi connectivity index (χ0v) is 35.7. The van der Waals surface area contributed by atoms with E-state index in [0.717, 1.165) is 44.9 Å². The average Bonchev–Trinajstić information content (AvgIpc) is 3.15. The van der Waals surface area contributed by atoms with Crippen molar-refractivity contribution in [2.75, 3.05) is 19.8 Å².